The minimum absolute atomic E-state index is 0.824. The fraction of sp³-hybridized carbons (Fsp3) is 1.00. The molecule has 0 N–H and O–H groups in total. The summed E-state index contributed by atoms with van der Waals surface area (Å²) in [6.07, 6.45) is 5.76. The summed E-state index contributed by atoms with van der Waals surface area (Å²) in [4.78, 5) is 2.40. The van der Waals surface area contributed by atoms with Crippen LogP contribution in [0.1, 0.15) is 74.7 Å². The molecule has 2 aliphatic rings. The molecule has 0 amide bonds. The van der Waals surface area contributed by atoms with Crippen LogP contribution in [0, 0.1) is 11.8 Å². The average molecular weight is 338 g/mol. The van der Waals surface area contributed by atoms with E-state index < -0.39 is 0 Å². The molecule has 2 saturated heterocycles. The molecule has 0 aliphatic carbocycles. The van der Waals surface area contributed by atoms with Gasteiger partial charge in [0.15, 0.2) is 0 Å². The molecule has 2 rings (SSSR count). The zero-order valence-corrected chi connectivity index (χ0v) is 18.3. The van der Waals surface area contributed by atoms with Crippen molar-refractivity contribution in [2.24, 2.45) is 11.8 Å². The van der Waals surface area contributed by atoms with Gasteiger partial charge in [-0.05, 0) is 57.5 Å². The molecule has 1 unspecified atom stereocenters. The summed E-state index contributed by atoms with van der Waals surface area (Å²) in [6, 6.07) is 0. The number of likely N-dealkylation sites (tertiary alicyclic amines) is 1. The first kappa shape index (κ1) is 30.2. The van der Waals surface area contributed by atoms with E-state index in [0.717, 1.165) is 25.0 Å². The second-order valence-corrected chi connectivity index (χ2v) is 4.95. The molecule has 0 radical (unpaired) electrons. The normalized spacial score (nSPS) is 20.0. The van der Waals surface area contributed by atoms with Crippen LogP contribution in [0.2, 0.25) is 0 Å². The third-order valence-electron chi connectivity index (χ3n) is 3.16. The second kappa shape index (κ2) is 29.3. The van der Waals surface area contributed by atoms with Gasteiger partial charge in [0.1, 0.15) is 0 Å². The summed E-state index contributed by atoms with van der Waals surface area (Å²) >= 11 is 3.53. The number of ether oxygens (including phenoxy) is 1. The van der Waals surface area contributed by atoms with Crippen LogP contribution in [0.5, 0.6) is 0 Å². The molecule has 2 aliphatic heterocycles. The van der Waals surface area contributed by atoms with Gasteiger partial charge in [-0.2, -0.15) is 12.6 Å². The predicted octanol–water partition coefficient (Wildman–Crippen LogP) is 6.02. The average Bonchev–Trinajstić information content (AvgIpc) is 3.09. The van der Waals surface area contributed by atoms with Gasteiger partial charge in [0, 0.05) is 13.2 Å². The quantitative estimate of drug-likeness (QED) is 0.543. The van der Waals surface area contributed by atoms with E-state index in [1.54, 1.807) is 6.26 Å². The molecule has 1 atom stereocenters. The molecular formula is C19H47NOS. The summed E-state index contributed by atoms with van der Waals surface area (Å²) < 4.78 is 5.06. The Morgan fingerprint density at radius 2 is 1.18 bits per heavy atom. The van der Waals surface area contributed by atoms with E-state index in [1.165, 1.54) is 32.4 Å². The molecule has 0 saturated carbocycles. The van der Waals surface area contributed by atoms with E-state index in [9.17, 15) is 0 Å². The van der Waals surface area contributed by atoms with E-state index in [0.29, 0.717) is 0 Å². The van der Waals surface area contributed by atoms with Gasteiger partial charge in [-0.3, -0.25) is 0 Å². The molecular weight excluding hydrogens is 290 g/mol. The maximum atomic E-state index is 5.06. The summed E-state index contributed by atoms with van der Waals surface area (Å²) in [5, 5.41) is 0. The Morgan fingerprint density at radius 3 is 1.36 bits per heavy atom. The lowest BCUT2D eigenvalue weighted by Gasteiger charge is -2.26. The molecule has 0 spiro atoms. The lowest BCUT2D eigenvalue weighted by Crippen LogP contribution is -2.28. The molecule has 0 bridgehead atoms. The Bertz CT molecular complexity index is 132. The Labute approximate surface area is 148 Å². The van der Waals surface area contributed by atoms with Crippen molar-refractivity contribution < 1.29 is 4.74 Å². The zero-order valence-electron chi connectivity index (χ0n) is 17.4. The van der Waals surface area contributed by atoms with E-state index in [2.05, 4.69) is 38.4 Å². The van der Waals surface area contributed by atoms with Crippen LogP contribution in [-0.2, 0) is 4.74 Å². The van der Waals surface area contributed by atoms with Gasteiger partial charge in [-0.15, -0.1) is 0 Å². The number of thiol groups is 1. The summed E-state index contributed by atoms with van der Waals surface area (Å²) in [5.41, 5.74) is 0. The summed E-state index contributed by atoms with van der Waals surface area (Å²) in [7, 11) is 2.20. The monoisotopic (exact) mass is 337 g/mol. The highest BCUT2D eigenvalue weighted by atomic mass is 32.1. The van der Waals surface area contributed by atoms with Crippen molar-refractivity contribution >= 4 is 12.6 Å². The summed E-state index contributed by atoms with van der Waals surface area (Å²) in [6.45, 7) is 21.1. The zero-order chi connectivity index (χ0) is 18.4. The minimum atomic E-state index is 0.824. The smallest absolute Gasteiger partial charge is 0.0492 e. The van der Waals surface area contributed by atoms with Gasteiger partial charge >= 0.3 is 0 Å². The number of piperidine rings is 1. The minimum Gasteiger partial charge on any atom is -0.381 e. The highest BCUT2D eigenvalue weighted by Gasteiger charge is 2.10. The standard InChI is InChI=1S/C7H15N.C5H10O.3C2H6.CH4S/c1-7-3-5-8(2)6-4-7;1-5-2-3-6-4-5;4*1-2/h7H,3-6H2,1-2H3;5H,2-4H2,1H3;3*1-2H3;2H,1H3. The Kier molecular flexibility index (Phi) is 40.2. The van der Waals surface area contributed by atoms with Crippen LogP contribution < -0.4 is 0 Å². The van der Waals surface area contributed by atoms with Crippen LogP contribution in [0.25, 0.3) is 0 Å². The Hall–Kier alpha value is 0.270. The van der Waals surface area contributed by atoms with E-state index in [-0.39, 0.29) is 0 Å². The van der Waals surface area contributed by atoms with Gasteiger partial charge in [0.05, 0.1) is 0 Å². The molecule has 2 heterocycles. The molecule has 0 aromatic rings. The van der Waals surface area contributed by atoms with Crippen molar-refractivity contribution in [3.8, 4) is 0 Å². The molecule has 140 valence electrons. The predicted molar refractivity (Wildman–Crippen MR) is 109 cm³/mol. The number of nitrogens with zero attached hydrogens (tertiary/aromatic N) is 1. The lowest BCUT2D eigenvalue weighted by molar-refractivity contribution is 0.188. The van der Waals surface area contributed by atoms with Crippen molar-refractivity contribution in [1.82, 2.24) is 4.90 Å². The molecule has 2 nitrogen and oxygen atoms in total. The van der Waals surface area contributed by atoms with Gasteiger partial charge in [-0.25, -0.2) is 0 Å². The number of rotatable bonds is 0. The molecule has 22 heavy (non-hydrogen) atoms. The topological polar surface area (TPSA) is 12.5 Å². The van der Waals surface area contributed by atoms with Crippen LogP contribution in [0.3, 0.4) is 0 Å². The first-order chi connectivity index (χ1) is 10.7. The van der Waals surface area contributed by atoms with Crippen molar-refractivity contribution in [2.45, 2.75) is 74.7 Å². The fourth-order valence-electron chi connectivity index (χ4n) is 1.79. The first-order valence-corrected chi connectivity index (χ1v) is 10.3. The fourth-order valence-corrected chi connectivity index (χ4v) is 1.79. The Balaban J connectivity index is -0.000000103. The van der Waals surface area contributed by atoms with E-state index in [4.69, 9.17) is 4.74 Å². The van der Waals surface area contributed by atoms with Gasteiger partial charge in [0.2, 0.25) is 0 Å². The van der Waals surface area contributed by atoms with Crippen molar-refractivity contribution in [1.29, 1.82) is 0 Å². The third-order valence-corrected chi connectivity index (χ3v) is 3.16. The molecule has 2 fully saturated rings. The van der Waals surface area contributed by atoms with Crippen LogP contribution in [0.4, 0.5) is 0 Å². The van der Waals surface area contributed by atoms with Gasteiger partial charge in [-0.1, -0.05) is 55.4 Å². The summed E-state index contributed by atoms with van der Waals surface area (Å²) in [5.74, 6) is 1.80. The molecule has 0 aromatic heterocycles. The van der Waals surface area contributed by atoms with Gasteiger partial charge < -0.3 is 9.64 Å². The maximum Gasteiger partial charge on any atom is 0.0492 e. The highest BCUT2D eigenvalue weighted by molar-refractivity contribution is 7.79. The van der Waals surface area contributed by atoms with Crippen LogP contribution >= 0.6 is 12.6 Å². The number of hydrogen-bond donors (Lipinski definition) is 1. The van der Waals surface area contributed by atoms with Crippen molar-refractivity contribution in [2.75, 3.05) is 39.6 Å². The lowest BCUT2D eigenvalue weighted by atomic mass is 10.00. The van der Waals surface area contributed by atoms with Crippen molar-refractivity contribution in [3.05, 3.63) is 0 Å². The first-order valence-electron chi connectivity index (χ1n) is 9.39. The largest absolute Gasteiger partial charge is 0.381 e. The van der Waals surface area contributed by atoms with E-state index >= 15 is 0 Å². The highest BCUT2D eigenvalue weighted by Crippen LogP contribution is 2.13. The molecule has 0 aromatic carbocycles. The second-order valence-electron chi connectivity index (χ2n) is 4.95. The van der Waals surface area contributed by atoms with E-state index in [1.807, 2.05) is 41.5 Å². The van der Waals surface area contributed by atoms with Gasteiger partial charge in [0.25, 0.3) is 0 Å². The Morgan fingerprint density at radius 1 is 0.773 bits per heavy atom. The van der Waals surface area contributed by atoms with Crippen LogP contribution in [0.15, 0.2) is 0 Å². The third kappa shape index (κ3) is 25.2. The van der Waals surface area contributed by atoms with Crippen molar-refractivity contribution in [3.63, 3.8) is 0 Å². The van der Waals surface area contributed by atoms with Crippen LogP contribution in [-0.4, -0.2) is 44.5 Å². The maximum absolute atomic E-state index is 5.06. The molecule has 3 heteroatoms. The number of hydrogen-bond acceptors (Lipinski definition) is 3. The SMILES string of the molecule is CC.CC.CC.CC1CCN(C)CC1.CC1CCOC1.CS.